The third-order valence-corrected chi connectivity index (χ3v) is 4.32. The van der Waals surface area contributed by atoms with Crippen LogP contribution in [0.1, 0.15) is 16.1 Å². The van der Waals surface area contributed by atoms with Crippen LogP contribution in [0.4, 0.5) is 0 Å². The van der Waals surface area contributed by atoms with Gasteiger partial charge in [-0.3, -0.25) is 4.79 Å². The van der Waals surface area contributed by atoms with Crippen molar-refractivity contribution in [1.82, 2.24) is 10.3 Å². The van der Waals surface area contributed by atoms with Crippen LogP contribution in [0, 0.1) is 0 Å². The summed E-state index contributed by atoms with van der Waals surface area (Å²) in [5.74, 6) is 0.492. The van der Waals surface area contributed by atoms with E-state index in [-0.39, 0.29) is 5.91 Å². The summed E-state index contributed by atoms with van der Waals surface area (Å²) in [6.45, 7) is 0.316. The molecule has 0 atom stereocenters. The molecule has 2 aromatic carbocycles. The molecule has 1 amide bonds. The number of furan rings is 1. The molecule has 128 valence electrons. The number of amides is 1. The second kappa shape index (κ2) is 7.02. The lowest BCUT2D eigenvalue weighted by molar-refractivity contribution is 0.0949. The van der Waals surface area contributed by atoms with Gasteiger partial charge in [0.1, 0.15) is 5.76 Å². The highest BCUT2D eigenvalue weighted by Gasteiger charge is 2.14. The first-order valence-corrected chi connectivity index (χ1v) is 8.55. The molecule has 0 bridgehead atoms. The lowest BCUT2D eigenvalue weighted by Gasteiger charge is -2.10. The second-order valence-corrected chi connectivity index (χ2v) is 6.28. The van der Waals surface area contributed by atoms with Crippen molar-refractivity contribution in [2.24, 2.45) is 0 Å². The molecule has 0 saturated carbocycles. The van der Waals surface area contributed by atoms with Crippen LogP contribution in [0.3, 0.4) is 0 Å². The molecular weight excluding hydrogens is 348 g/mol. The van der Waals surface area contributed by atoms with Gasteiger partial charge in [-0.2, -0.15) is 0 Å². The maximum atomic E-state index is 12.8. The predicted molar refractivity (Wildman–Crippen MR) is 102 cm³/mol. The average molecular weight is 363 g/mol. The molecular formula is C21H15ClN2O2. The number of nitrogens with one attached hydrogen (secondary N) is 1. The minimum absolute atomic E-state index is 0.201. The topological polar surface area (TPSA) is 55.1 Å². The number of hydrogen-bond donors (Lipinski definition) is 1. The van der Waals surface area contributed by atoms with E-state index in [9.17, 15) is 4.79 Å². The highest BCUT2D eigenvalue weighted by atomic mass is 35.5. The Hall–Kier alpha value is -3.11. The summed E-state index contributed by atoms with van der Waals surface area (Å²) in [7, 11) is 0. The zero-order valence-corrected chi connectivity index (χ0v) is 14.5. The van der Waals surface area contributed by atoms with E-state index in [1.54, 1.807) is 30.5 Å². The Balaban J connectivity index is 1.77. The highest BCUT2D eigenvalue weighted by Crippen LogP contribution is 2.27. The minimum Gasteiger partial charge on any atom is -0.467 e. The van der Waals surface area contributed by atoms with Crippen molar-refractivity contribution >= 4 is 28.4 Å². The number of pyridine rings is 1. The van der Waals surface area contributed by atoms with Crippen molar-refractivity contribution in [3.63, 3.8) is 0 Å². The predicted octanol–water partition coefficient (Wildman–Crippen LogP) is 5.08. The van der Waals surface area contributed by atoms with E-state index < -0.39 is 0 Å². The van der Waals surface area contributed by atoms with Crippen molar-refractivity contribution in [3.8, 4) is 11.3 Å². The Morgan fingerprint density at radius 1 is 1.04 bits per heavy atom. The largest absolute Gasteiger partial charge is 0.467 e. The van der Waals surface area contributed by atoms with Gasteiger partial charge in [-0.15, -0.1) is 0 Å². The Labute approximate surface area is 155 Å². The highest BCUT2D eigenvalue weighted by molar-refractivity contribution is 6.31. The van der Waals surface area contributed by atoms with Crippen molar-refractivity contribution in [1.29, 1.82) is 0 Å². The van der Waals surface area contributed by atoms with Gasteiger partial charge < -0.3 is 9.73 Å². The molecule has 4 rings (SSSR count). The van der Waals surface area contributed by atoms with Gasteiger partial charge in [-0.1, -0.05) is 41.9 Å². The SMILES string of the molecule is O=C(NCc1ccco1)c1cc(-c2ccccc2)nc2ccc(Cl)cc12. The Morgan fingerprint density at radius 2 is 1.88 bits per heavy atom. The number of hydrogen-bond acceptors (Lipinski definition) is 3. The van der Waals surface area contributed by atoms with Crippen LogP contribution in [-0.4, -0.2) is 10.9 Å². The first-order valence-electron chi connectivity index (χ1n) is 8.17. The van der Waals surface area contributed by atoms with E-state index in [0.717, 1.165) is 16.8 Å². The molecule has 4 nitrogen and oxygen atoms in total. The quantitative estimate of drug-likeness (QED) is 0.551. The summed E-state index contributed by atoms with van der Waals surface area (Å²) < 4.78 is 5.27. The average Bonchev–Trinajstić information content (AvgIpc) is 3.19. The standard InChI is InChI=1S/C21H15ClN2O2/c22-15-8-9-19-17(11-15)18(21(25)23-13-16-7-4-10-26-16)12-20(24-19)14-5-2-1-3-6-14/h1-12H,13H2,(H,23,25). The molecule has 0 aliphatic heterocycles. The molecule has 0 spiro atoms. The normalized spacial score (nSPS) is 10.8. The van der Waals surface area contributed by atoms with Crippen molar-refractivity contribution in [2.75, 3.05) is 0 Å². The van der Waals surface area contributed by atoms with Gasteiger partial charge in [0.2, 0.25) is 0 Å². The zero-order valence-electron chi connectivity index (χ0n) is 13.8. The van der Waals surface area contributed by atoms with Crippen molar-refractivity contribution < 1.29 is 9.21 Å². The van der Waals surface area contributed by atoms with Crippen molar-refractivity contribution in [3.05, 3.63) is 89.3 Å². The molecule has 0 unspecified atom stereocenters. The summed E-state index contributed by atoms with van der Waals surface area (Å²) in [6, 6.07) is 20.5. The van der Waals surface area contributed by atoms with E-state index in [0.29, 0.717) is 28.3 Å². The number of fused-ring (bicyclic) bond motifs is 1. The van der Waals surface area contributed by atoms with E-state index in [1.165, 1.54) is 0 Å². The fraction of sp³-hybridized carbons (Fsp3) is 0.0476. The van der Waals surface area contributed by atoms with E-state index in [2.05, 4.69) is 10.3 Å². The smallest absolute Gasteiger partial charge is 0.252 e. The number of benzene rings is 2. The van der Waals surface area contributed by atoms with Crippen LogP contribution in [0.15, 0.2) is 77.4 Å². The summed E-state index contributed by atoms with van der Waals surface area (Å²) in [4.78, 5) is 17.5. The molecule has 2 heterocycles. The number of carbonyl (C=O) groups is 1. The van der Waals surface area contributed by atoms with E-state index in [1.807, 2.05) is 42.5 Å². The lowest BCUT2D eigenvalue weighted by atomic mass is 10.0. The number of aromatic nitrogens is 1. The minimum atomic E-state index is -0.201. The maximum Gasteiger partial charge on any atom is 0.252 e. The number of carbonyl (C=O) groups excluding carboxylic acids is 1. The molecule has 0 aliphatic rings. The van der Waals surface area contributed by atoms with Gasteiger partial charge in [-0.25, -0.2) is 4.98 Å². The van der Waals surface area contributed by atoms with E-state index >= 15 is 0 Å². The van der Waals surface area contributed by atoms with Gasteiger partial charge in [0.15, 0.2) is 0 Å². The summed E-state index contributed by atoms with van der Waals surface area (Å²) in [5.41, 5.74) is 2.94. The van der Waals surface area contributed by atoms with Gasteiger partial charge in [0.05, 0.1) is 29.6 Å². The number of rotatable bonds is 4. The van der Waals surface area contributed by atoms with Gasteiger partial charge in [0, 0.05) is 16.0 Å². The fourth-order valence-corrected chi connectivity index (χ4v) is 2.99. The fourth-order valence-electron chi connectivity index (χ4n) is 2.82. The molecule has 26 heavy (non-hydrogen) atoms. The zero-order chi connectivity index (χ0) is 17.9. The first-order chi connectivity index (χ1) is 12.7. The van der Waals surface area contributed by atoms with Gasteiger partial charge in [-0.05, 0) is 36.4 Å². The Morgan fingerprint density at radius 3 is 2.65 bits per heavy atom. The third kappa shape index (κ3) is 3.32. The monoisotopic (exact) mass is 362 g/mol. The maximum absolute atomic E-state index is 12.8. The van der Waals surface area contributed by atoms with Crippen molar-refractivity contribution in [2.45, 2.75) is 6.54 Å². The molecule has 4 aromatic rings. The number of halogens is 1. The number of nitrogens with zero attached hydrogens (tertiary/aromatic N) is 1. The Bertz CT molecular complexity index is 1060. The van der Waals surface area contributed by atoms with Crippen LogP contribution in [0.2, 0.25) is 5.02 Å². The molecule has 0 aliphatic carbocycles. The van der Waals surface area contributed by atoms with Crippen LogP contribution in [-0.2, 0) is 6.54 Å². The van der Waals surface area contributed by atoms with Crippen LogP contribution < -0.4 is 5.32 Å². The summed E-state index contributed by atoms with van der Waals surface area (Å²) >= 11 is 6.14. The Kier molecular flexibility index (Phi) is 4.42. The van der Waals surface area contributed by atoms with Crippen LogP contribution in [0.5, 0.6) is 0 Å². The molecule has 2 aromatic heterocycles. The van der Waals surface area contributed by atoms with E-state index in [4.69, 9.17) is 16.0 Å². The third-order valence-electron chi connectivity index (χ3n) is 4.09. The van der Waals surface area contributed by atoms with Gasteiger partial charge in [0.25, 0.3) is 5.91 Å². The summed E-state index contributed by atoms with van der Waals surface area (Å²) in [6.07, 6.45) is 1.58. The molecule has 1 N–H and O–H groups in total. The first kappa shape index (κ1) is 16.4. The van der Waals surface area contributed by atoms with Crippen LogP contribution >= 0.6 is 11.6 Å². The van der Waals surface area contributed by atoms with Crippen LogP contribution in [0.25, 0.3) is 22.2 Å². The second-order valence-electron chi connectivity index (χ2n) is 5.84. The lowest BCUT2D eigenvalue weighted by Crippen LogP contribution is -2.23. The molecule has 0 saturated heterocycles. The molecule has 5 heteroatoms. The van der Waals surface area contributed by atoms with Gasteiger partial charge >= 0.3 is 0 Å². The summed E-state index contributed by atoms with van der Waals surface area (Å²) in [5, 5.41) is 4.17. The molecule has 0 radical (unpaired) electrons. The molecule has 0 fully saturated rings.